The smallest absolute Gasteiger partial charge is 0.338 e. The van der Waals surface area contributed by atoms with Crippen molar-refractivity contribution in [1.29, 1.82) is 0 Å². The number of hydrogen-bond donors (Lipinski definition) is 0. The van der Waals surface area contributed by atoms with Gasteiger partial charge in [-0.05, 0) is 31.4 Å². The SMILES string of the molecule is C=CCS(=O)(=O)[C@@H]1CCCC[C@H]1OC(=O)c1ccccc1. The molecular formula is C16H20O4S. The van der Waals surface area contributed by atoms with Crippen LogP contribution in [0.2, 0.25) is 0 Å². The molecule has 1 aromatic rings. The molecule has 1 aromatic carbocycles. The molecule has 1 aliphatic carbocycles. The topological polar surface area (TPSA) is 60.4 Å². The highest BCUT2D eigenvalue weighted by molar-refractivity contribution is 7.92. The molecule has 0 amide bonds. The highest BCUT2D eigenvalue weighted by atomic mass is 32.2. The van der Waals surface area contributed by atoms with Crippen LogP contribution in [0.25, 0.3) is 0 Å². The number of ether oxygens (including phenoxy) is 1. The summed E-state index contributed by atoms with van der Waals surface area (Å²) in [5.74, 6) is -0.529. The van der Waals surface area contributed by atoms with Gasteiger partial charge >= 0.3 is 5.97 Å². The van der Waals surface area contributed by atoms with Gasteiger partial charge in [0.15, 0.2) is 9.84 Å². The first-order valence-electron chi connectivity index (χ1n) is 7.13. The number of hydrogen-bond acceptors (Lipinski definition) is 4. The maximum absolute atomic E-state index is 12.3. The summed E-state index contributed by atoms with van der Waals surface area (Å²) < 4.78 is 30.0. The maximum atomic E-state index is 12.3. The summed E-state index contributed by atoms with van der Waals surface area (Å²) in [5.41, 5.74) is 0.447. The monoisotopic (exact) mass is 308 g/mol. The van der Waals surface area contributed by atoms with E-state index in [0.717, 1.165) is 12.8 Å². The molecule has 0 radical (unpaired) electrons. The highest BCUT2D eigenvalue weighted by Gasteiger charge is 2.37. The largest absolute Gasteiger partial charge is 0.457 e. The van der Waals surface area contributed by atoms with Crippen molar-refractivity contribution in [1.82, 2.24) is 0 Å². The van der Waals surface area contributed by atoms with Gasteiger partial charge in [-0.3, -0.25) is 0 Å². The van der Waals surface area contributed by atoms with Crippen LogP contribution >= 0.6 is 0 Å². The van der Waals surface area contributed by atoms with Crippen molar-refractivity contribution in [2.45, 2.75) is 37.0 Å². The molecule has 0 unspecified atom stereocenters. The van der Waals surface area contributed by atoms with E-state index in [2.05, 4.69) is 6.58 Å². The number of carbonyl (C=O) groups excluding carboxylic acids is 1. The Kier molecular flexibility index (Phi) is 5.17. The average molecular weight is 308 g/mol. The predicted molar refractivity (Wildman–Crippen MR) is 81.9 cm³/mol. The first-order valence-corrected chi connectivity index (χ1v) is 8.84. The third kappa shape index (κ3) is 3.94. The van der Waals surface area contributed by atoms with E-state index in [-0.39, 0.29) is 5.75 Å². The lowest BCUT2D eigenvalue weighted by Crippen LogP contribution is -2.40. The molecule has 21 heavy (non-hydrogen) atoms. The predicted octanol–water partition coefficient (Wildman–Crippen LogP) is 2.76. The van der Waals surface area contributed by atoms with Crippen molar-refractivity contribution in [3.05, 3.63) is 48.6 Å². The standard InChI is InChI=1S/C16H20O4S/c1-2-12-21(18,19)15-11-7-6-10-14(15)20-16(17)13-8-4-3-5-9-13/h2-5,8-9,14-15H,1,6-7,10-12H2/t14-,15-/m1/s1. The summed E-state index contributed by atoms with van der Waals surface area (Å²) in [4.78, 5) is 12.1. The zero-order valence-electron chi connectivity index (χ0n) is 11.9. The summed E-state index contributed by atoms with van der Waals surface area (Å²) in [7, 11) is -3.31. The van der Waals surface area contributed by atoms with Crippen molar-refractivity contribution < 1.29 is 17.9 Å². The molecule has 1 saturated carbocycles. The van der Waals surface area contributed by atoms with Crippen LogP contribution in [0.1, 0.15) is 36.0 Å². The maximum Gasteiger partial charge on any atom is 0.338 e. The quantitative estimate of drug-likeness (QED) is 0.620. The van der Waals surface area contributed by atoms with Crippen molar-refractivity contribution in [2.75, 3.05) is 5.75 Å². The van der Waals surface area contributed by atoms with Crippen LogP contribution in [-0.2, 0) is 14.6 Å². The lowest BCUT2D eigenvalue weighted by atomic mass is 9.97. The van der Waals surface area contributed by atoms with Crippen LogP contribution in [0.15, 0.2) is 43.0 Å². The Hall–Kier alpha value is -1.62. The molecule has 0 N–H and O–H groups in total. The second-order valence-electron chi connectivity index (χ2n) is 5.25. The van der Waals surface area contributed by atoms with Crippen LogP contribution in [0.4, 0.5) is 0 Å². The minimum atomic E-state index is -3.31. The van der Waals surface area contributed by atoms with Gasteiger partial charge in [0.2, 0.25) is 0 Å². The van der Waals surface area contributed by atoms with Crippen LogP contribution in [0.5, 0.6) is 0 Å². The Bertz CT molecular complexity index is 592. The molecule has 5 heteroatoms. The lowest BCUT2D eigenvalue weighted by molar-refractivity contribution is 0.0222. The van der Waals surface area contributed by atoms with E-state index >= 15 is 0 Å². The molecular weight excluding hydrogens is 288 g/mol. The summed E-state index contributed by atoms with van der Waals surface area (Å²) in [5, 5.41) is -0.614. The van der Waals surface area contributed by atoms with Crippen molar-refractivity contribution >= 4 is 15.8 Å². The van der Waals surface area contributed by atoms with E-state index in [1.54, 1.807) is 24.3 Å². The van der Waals surface area contributed by atoms with Gasteiger partial charge in [0, 0.05) is 0 Å². The molecule has 0 saturated heterocycles. The summed E-state index contributed by atoms with van der Waals surface area (Å²) >= 11 is 0. The fourth-order valence-corrected chi connectivity index (χ4v) is 4.43. The fourth-order valence-electron chi connectivity index (χ4n) is 2.68. The molecule has 4 nitrogen and oxygen atoms in total. The number of rotatable bonds is 5. The first kappa shape index (κ1) is 15.8. The summed E-state index contributed by atoms with van der Waals surface area (Å²) in [6.45, 7) is 3.49. The Morgan fingerprint density at radius 3 is 2.57 bits per heavy atom. The summed E-state index contributed by atoms with van der Waals surface area (Å²) in [6.07, 6.45) is 3.70. The van der Waals surface area contributed by atoms with E-state index in [1.165, 1.54) is 6.08 Å². The molecule has 1 aliphatic rings. The van der Waals surface area contributed by atoms with E-state index in [9.17, 15) is 13.2 Å². The molecule has 0 bridgehead atoms. The molecule has 1 fully saturated rings. The minimum absolute atomic E-state index is 0.0724. The van der Waals surface area contributed by atoms with Gasteiger partial charge in [0.25, 0.3) is 0 Å². The van der Waals surface area contributed by atoms with Crippen molar-refractivity contribution in [3.8, 4) is 0 Å². The fraction of sp³-hybridized carbons (Fsp3) is 0.438. The molecule has 2 rings (SSSR count). The van der Waals surface area contributed by atoms with E-state index in [0.29, 0.717) is 18.4 Å². The Morgan fingerprint density at radius 1 is 1.24 bits per heavy atom. The van der Waals surface area contributed by atoms with Crippen LogP contribution in [-0.4, -0.2) is 31.5 Å². The first-order chi connectivity index (χ1) is 10.0. The second-order valence-corrected chi connectivity index (χ2v) is 7.52. The van der Waals surface area contributed by atoms with Gasteiger partial charge in [-0.1, -0.05) is 30.7 Å². The molecule has 0 aliphatic heterocycles. The molecule has 114 valence electrons. The molecule has 0 heterocycles. The van der Waals surface area contributed by atoms with Gasteiger partial charge in [-0.2, -0.15) is 0 Å². The lowest BCUT2D eigenvalue weighted by Gasteiger charge is -2.30. The normalized spacial score (nSPS) is 22.5. The molecule has 0 spiro atoms. The van der Waals surface area contributed by atoms with Gasteiger partial charge < -0.3 is 4.74 Å². The Labute approximate surface area is 125 Å². The van der Waals surface area contributed by atoms with Gasteiger partial charge in [-0.15, -0.1) is 6.58 Å². The van der Waals surface area contributed by atoms with E-state index in [1.807, 2.05) is 6.07 Å². The Morgan fingerprint density at radius 2 is 1.90 bits per heavy atom. The number of esters is 1. The van der Waals surface area contributed by atoms with Crippen LogP contribution in [0.3, 0.4) is 0 Å². The molecule has 0 aromatic heterocycles. The van der Waals surface area contributed by atoms with Crippen molar-refractivity contribution in [2.24, 2.45) is 0 Å². The minimum Gasteiger partial charge on any atom is -0.457 e. The number of benzene rings is 1. The van der Waals surface area contributed by atoms with Crippen LogP contribution < -0.4 is 0 Å². The third-order valence-electron chi connectivity index (χ3n) is 3.72. The van der Waals surface area contributed by atoms with Gasteiger partial charge in [0.1, 0.15) is 6.10 Å². The van der Waals surface area contributed by atoms with E-state index < -0.39 is 27.2 Å². The van der Waals surface area contributed by atoms with Gasteiger partial charge in [-0.25, -0.2) is 13.2 Å². The zero-order chi connectivity index (χ0) is 15.3. The number of sulfone groups is 1. The van der Waals surface area contributed by atoms with Crippen molar-refractivity contribution in [3.63, 3.8) is 0 Å². The van der Waals surface area contributed by atoms with Gasteiger partial charge in [0.05, 0.1) is 16.6 Å². The van der Waals surface area contributed by atoms with E-state index in [4.69, 9.17) is 4.74 Å². The summed E-state index contributed by atoms with van der Waals surface area (Å²) in [6, 6.07) is 8.65. The zero-order valence-corrected chi connectivity index (χ0v) is 12.7. The second kappa shape index (κ2) is 6.89. The molecule has 2 atom stereocenters. The van der Waals surface area contributed by atoms with Crippen LogP contribution in [0, 0.1) is 0 Å². The average Bonchev–Trinajstić information content (AvgIpc) is 2.48. The third-order valence-corrected chi connectivity index (χ3v) is 5.88. The Balaban J connectivity index is 2.13. The highest BCUT2D eigenvalue weighted by Crippen LogP contribution is 2.28. The number of carbonyl (C=O) groups is 1.